The van der Waals surface area contributed by atoms with Crippen LogP contribution in [0.3, 0.4) is 0 Å². The highest BCUT2D eigenvalue weighted by molar-refractivity contribution is 7.98. The maximum atomic E-state index is 10.2. The predicted octanol–water partition coefficient (Wildman–Crippen LogP) is 6.43. The van der Waals surface area contributed by atoms with Crippen molar-refractivity contribution < 1.29 is 23.4 Å². The third-order valence-electron chi connectivity index (χ3n) is 7.35. The maximum absolute atomic E-state index is 10.2. The number of benzene rings is 2. The Morgan fingerprint density at radius 2 is 1.70 bits per heavy atom. The van der Waals surface area contributed by atoms with Gasteiger partial charge in [-0.15, -0.1) is 0 Å². The normalized spacial score (nSPS) is 15.5. The van der Waals surface area contributed by atoms with Crippen LogP contribution in [0.5, 0.6) is 11.5 Å². The van der Waals surface area contributed by atoms with E-state index in [9.17, 15) is 10.5 Å². The molecule has 0 aliphatic carbocycles. The number of aryl methyl sites for hydroxylation is 2. The molecule has 0 spiro atoms. The molecule has 1 aliphatic heterocycles. The number of hydrogen-bond acceptors (Lipinski definition) is 11. The molecular formula is C33H33N5O5S. The van der Waals surface area contributed by atoms with Gasteiger partial charge in [0.25, 0.3) is 0 Å². The number of hydrogen-bond donors (Lipinski definition) is 1. The molecule has 0 radical (unpaired) electrons. The fourth-order valence-corrected chi connectivity index (χ4v) is 6.05. The molecule has 44 heavy (non-hydrogen) atoms. The van der Waals surface area contributed by atoms with Gasteiger partial charge in [0.2, 0.25) is 5.89 Å². The fourth-order valence-electron chi connectivity index (χ4n) is 5.05. The minimum Gasteiger partial charge on any atom is -0.493 e. The van der Waals surface area contributed by atoms with Gasteiger partial charge < -0.3 is 29.1 Å². The van der Waals surface area contributed by atoms with Crippen LogP contribution in [0.4, 0.5) is 5.82 Å². The summed E-state index contributed by atoms with van der Waals surface area (Å²) in [7, 11) is 3.14. The highest BCUT2D eigenvalue weighted by Crippen LogP contribution is 2.38. The van der Waals surface area contributed by atoms with Gasteiger partial charge in [0.15, 0.2) is 17.3 Å². The lowest BCUT2D eigenvalue weighted by Crippen LogP contribution is -2.21. The average Bonchev–Trinajstić information content (AvgIpc) is 3.58. The topological polar surface area (TPSA) is 149 Å². The SMILES string of the molecule is COc1ccc(-c2nc(CSc3nc(N)c(C#N)c(-c4ccc(CC[C@@H]5COC(C)(C)O5)cc4)c3C#N)c(C)o2)cc1OC. The largest absolute Gasteiger partial charge is 0.493 e. The average molecular weight is 612 g/mol. The molecule has 2 N–H and O–H groups in total. The van der Waals surface area contributed by atoms with Gasteiger partial charge in [-0.05, 0) is 62.9 Å². The number of nitrogens with two attached hydrogens (primary N) is 1. The molecule has 10 nitrogen and oxygen atoms in total. The van der Waals surface area contributed by atoms with E-state index in [0.717, 1.165) is 24.0 Å². The second-order valence-corrected chi connectivity index (χ2v) is 11.7. The van der Waals surface area contributed by atoms with Crippen LogP contribution in [-0.2, 0) is 21.6 Å². The lowest BCUT2D eigenvalue weighted by molar-refractivity contribution is -0.138. The van der Waals surface area contributed by atoms with Crippen LogP contribution in [0, 0.1) is 29.6 Å². The van der Waals surface area contributed by atoms with Crippen LogP contribution < -0.4 is 15.2 Å². The number of aromatic nitrogens is 2. The van der Waals surface area contributed by atoms with Crippen molar-refractivity contribution in [1.82, 2.24) is 9.97 Å². The summed E-state index contributed by atoms with van der Waals surface area (Å²) in [5.74, 6) is 2.13. The smallest absolute Gasteiger partial charge is 0.226 e. The number of methoxy groups -OCH3 is 2. The Balaban J connectivity index is 1.37. The first-order valence-electron chi connectivity index (χ1n) is 14.0. The molecule has 0 unspecified atom stereocenters. The van der Waals surface area contributed by atoms with Crippen LogP contribution in [0.25, 0.3) is 22.6 Å². The number of nitrogen functional groups attached to an aromatic ring is 1. The Labute approximate surface area is 260 Å². The van der Waals surface area contributed by atoms with Gasteiger partial charge >= 0.3 is 0 Å². The molecule has 4 aromatic rings. The van der Waals surface area contributed by atoms with Crippen molar-refractivity contribution in [3.8, 4) is 46.2 Å². The maximum Gasteiger partial charge on any atom is 0.226 e. The van der Waals surface area contributed by atoms with E-state index < -0.39 is 5.79 Å². The van der Waals surface area contributed by atoms with E-state index in [4.69, 9.17) is 29.1 Å². The van der Waals surface area contributed by atoms with Gasteiger partial charge in [0.05, 0.1) is 38.2 Å². The third-order valence-corrected chi connectivity index (χ3v) is 8.34. The van der Waals surface area contributed by atoms with E-state index in [1.165, 1.54) is 11.8 Å². The molecule has 0 amide bonds. The number of anilines is 1. The Morgan fingerprint density at radius 3 is 2.34 bits per heavy atom. The zero-order chi connectivity index (χ0) is 31.4. The molecule has 5 rings (SSSR count). The number of ether oxygens (including phenoxy) is 4. The lowest BCUT2D eigenvalue weighted by atomic mass is 9.95. The van der Waals surface area contributed by atoms with Crippen LogP contribution in [0.2, 0.25) is 0 Å². The summed E-state index contributed by atoms with van der Waals surface area (Å²) in [6.45, 7) is 6.24. The van der Waals surface area contributed by atoms with E-state index in [-0.39, 0.29) is 23.0 Å². The van der Waals surface area contributed by atoms with Gasteiger partial charge in [-0.25, -0.2) is 9.97 Å². The van der Waals surface area contributed by atoms with Crippen molar-refractivity contribution in [3.05, 3.63) is 70.6 Å². The Morgan fingerprint density at radius 1 is 1.00 bits per heavy atom. The van der Waals surface area contributed by atoms with Crippen LogP contribution in [-0.4, -0.2) is 42.7 Å². The number of nitriles is 2. The molecular weight excluding hydrogens is 578 g/mol. The van der Waals surface area contributed by atoms with Crippen LogP contribution in [0.15, 0.2) is 51.9 Å². The van der Waals surface area contributed by atoms with E-state index in [0.29, 0.717) is 57.4 Å². The molecule has 11 heteroatoms. The first kappa shape index (κ1) is 30.9. The number of pyridine rings is 1. The van der Waals surface area contributed by atoms with Gasteiger partial charge in [-0.3, -0.25) is 0 Å². The second kappa shape index (κ2) is 13.0. The Bertz CT molecular complexity index is 1750. The summed E-state index contributed by atoms with van der Waals surface area (Å²) < 4.78 is 28.3. The quantitative estimate of drug-likeness (QED) is 0.198. The van der Waals surface area contributed by atoms with Crippen molar-refractivity contribution in [2.75, 3.05) is 26.6 Å². The zero-order valence-corrected chi connectivity index (χ0v) is 26.1. The van der Waals surface area contributed by atoms with Gasteiger partial charge in [-0.1, -0.05) is 36.0 Å². The minimum atomic E-state index is -0.549. The molecule has 2 aromatic heterocycles. The molecule has 226 valence electrons. The zero-order valence-electron chi connectivity index (χ0n) is 25.3. The molecule has 1 fully saturated rings. The molecule has 2 aromatic carbocycles. The number of rotatable bonds is 10. The highest BCUT2D eigenvalue weighted by atomic mass is 32.2. The van der Waals surface area contributed by atoms with Gasteiger partial charge in [0.1, 0.15) is 34.3 Å². The number of thioether (sulfide) groups is 1. The monoisotopic (exact) mass is 611 g/mol. The summed E-state index contributed by atoms with van der Waals surface area (Å²) >= 11 is 1.31. The first-order valence-corrected chi connectivity index (χ1v) is 15.0. The van der Waals surface area contributed by atoms with Crippen LogP contribution in [0.1, 0.15) is 48.4 Å². The van der Waals surface area contributed by atoms with Crippen molar-refractivity contribution >= 4 is 17.6 Å². The van der Waals surface area contributed by atoms with E-state index in [1.54, 1.807) is 26.4 Å². The Hall–Kier alpha value is -4.55. The van der Waals surface area contributed by atoms with Crippen molar-refractivity contribution in [2.24, 2.45) is 0 Å². The molecule has 0 bridgehead atoms. The second-order valence-electron chi connectivity index (χ2n) is 10.7. The van der Waals surface area contributed by atoms with Crippen molar-refractivity contribution in [3.63, 3.8) is 0 Å². The molecule has 1 atom stereocenters. The van der Waals surface area contributed by atoms with E-state index >= 15 is 0 Å². The first-order chi connectivity index (χ1) is 21.2. The molecule has 0 saturated carbocycles. The predicted molar refractivity (Wildman–Crippen MR) is 166 cm³/mol. The highest BCUT2D eigenvalue weighted by Gasteiger charge is 2.32. The van der Waals surface area contributed by atoms with Gasteiger partial charge in [0, 0.05) is 16.9 Å². The Kier molecular flexibility index (Phi) is 9.12. The summed E-state index contributed by atoms with van der Waals surface area (Å²) in [5.41, 5.74) is 10.4. The summed E-state index contributed by atoms with van der Waals surface area (Å²) in [6.07, 6.45) is 1.68. The van der Waals surface area contributed by atoms with Gasteiger partial charge in [-0.2, -0.15) is 10.5 Å². The molecule has 3 heterocycles. The fraction of sp³-hybridized carbons (Fsp3) is 0.333. The van der Waals surface area contributed by atoms with Crippen LogP contribution >= 0.6 is 11.8 Å². The summed E-state index contributed by atoms with van der Waals surface area (Å²) in [4.78, 5) is 9.12. The van der Waals surface area contributed by atoms with Crippen molar-refractivity contribution in [1.29, 1.82) is 10.5 Å². The summed E-state index contributed by atoms with van der Waals surface area (Å²) in [5, 5.41) is 20.6. The third kappa shape index (κ3) is 6.51. The number of oxazole rings is 1. The lowest BCUT2D eigenvalue weighted by Gasteiger charge is -2.17. The number of nitrogens with zero attached hydrogens (tertiary/aromatic N) is 4. The molecule has 1 aliphatic rings. The van der Waals surface area contributed by atoms with E-state index in [2.05, 4.69) is 22.1 Å². The summed E-state index contributed by atoms with van der Waals surface area (Å²) in [6, 6.07) is 17.7. The van der Waals surface area contributed by atoms with E-state index in [1.807, 2.05) is 51.1 Å². The van der Waals surface area contributed by atoms with Crippen molar-refractivity contribution in [2.45, 2.75) is 56.3 Å². The minimum absolute atomic E-state index is 0.0445. The standard InChI is InChI=1S/C33H33N5O5S/c1-19-26(37-31(42-19)22-11-13-27(39-4)28(14-22)40-5)18-44-32-25(16-35)29(24(15-34)30(36)38-32)21-9-6-20(7-10-21)8-12-23-17-41-33(2,3)43-23/h6-7,9-11,13-14,23H,8,12,17-18H2,1-5H3,(H2,36,38)/t23-/m1/s1. The molecule has 1 saturated heterocycles.